The van der Waals surface area contributed by atoms with Gasteiger partial charge < -0.3 is 14.7 Å². The molecule has 1 saturated carbocycles. The first-order valence-corrected chi connectivity index (χ1v) is 14.2. The molecular formula is C25H41N3O2Si. The third kappa shape index (κ3) is 4.75. The summed E-state index contributed by atoms with van der Waals surface area (Å²) in [5.74, 6) is 0.935. The lowest BCUT2D eigenvalue weighted by Gasteiger charge is -2.42. The highest BCUT2D eigenvalue weighted by Crippen LogP contribution is 2.42. The van der Waals surface area contributed by atoms with Gasteiger partial charge in [0.05, 0.1) is 11.0 Å². The predicted molar refractivity (Wildman–Crippen MR) is 132 cm³/mol. The van der Waals surface area contributed by atoms with Gasteiger partial charge in [-0.1, -0.05) is 54.0 Å². The van der Waals surface area contributed by atoms with Gasteiger partial charge in [0, 0.05) is 25.5 Å². The van der Waals surface area contributed by atoms with Gasteiger partial charge in [0.15, 0.2) is 8.32 Å². The number of rotatable bonds is 9. The van der Waals surface area contributed by atoms with Crippen LogP contribution in [0, 0.1) is 0 Å². The molecular weight excluding hydrogens is 402 g/mol. The van der Waals surface area contributed by atoms with Crippen LogP contribution in [0.15, 0.2) is 18.2 Å². The largest absolute Gasteiger partial charge is 0.416 e. The van der Waals surface area contributed by atoms with Crippen LogP contribution in [0.25, 0.3) is 11.0 Å². The Bertz CT molecular complexity index is 882. The number of hydrogen-bond acceptors (Lipinski definition) is 4. The molecule has 172 valence electrons. The number of Topliss-reactive ketones (excluding diaryl/α,β-unsaturated/α-hetero) is 1. The number of benzene rings is 1. The van der Waals surface area contributed by atoms with E-state index in [0.717, 1.165) is 55.4 Å². The summed E-state index contributed by atoms with van der Waals surface area (Å²) >= 11 is 0. The first-order chi connectivity index (χ1) is 14.7. The number of fused-ring (bicyclic) bond motifs is 1. The van der Waals surface area contributed by atoms with Crippen molar-refractivity contribution in [1.82, 2.24) is 9.55 Å². The molecule has 31 heavy (non-hydrogen) atoms. The molecule has 1 aromatic carbocycles. The number of nitrogens with zero attached hydrogens (tertiary/aromatic N) is 2. The van der Waals surface area contributed by atoms with Crippen molar-refractivity contribution >= 4 is 31.1 Å². The van der Waals surface area contributed by atoms with E-state index in [1.165, 1.54) is 0 Å². The molecule has 1 unspecified atom stereocenters. The monoisotopic (exact) mass is 443 g/mol. The van der Waals surface area contributed by atoms with Crippen LogP contribution in [0.5, 0.6) is 0 Å². The molecule has 1 aromatic heterocycles. The predicted octanol–water partition coefficient (Wildman–Crippen LogP) is 6.43. The number of ketones is 1. The topological polar surface area (TPSA) is 70.1 Å². The minimum absolute atomic E-state index is 0.0270. The van der Waals surface area contributed by atoms with Crippen LogP contribution >= 0.6 is 0 Å². The third-order valence-corrected chi connectivity index (χ3v) is 13.5. The molecule has 0 bridgehead atoms. The zero-order valence-electron chi connectivity index (χ0n) is 20.3. The van der Waals surface area contributed by atoms with E-state index < -0.39 is 8.32 Å². The Hall–Kier alpha value is -1.66. The molecule has 0 aliphatic heterocycles. The Kier molecular flexibility index (Phi) is 7.63. The second-order valence-corrected chi connectivity index (χ2v) is 15.6. The summed E-state index contributed by atoms with van der Waals surface area (Å²) < 4.78 is 8.79. The van der Waals surface area contributed by atoms with E-state index in [9.17, 15) is 4.79 Å². The molecule has 0 spiro atoms. The number of aryl methyl sites for hydroxylation is 1. The van der Waals surface area contributed by atoms with Crippen LogP contribution in [-0.4, -0.2) is 30.3 Å². The zero-order chi connectivity index (χ0) is 22.8. The van der Waals surface area contributed by atoms with Gasteiger partial charge in [0.2, 0.25) is 5.95 Å². The Labute approximate surface area is 188 Å². The number of imidazole rings is 1. The van der Waals surface area contributed by atoms with Gasteiger partial charge in [0.25, 0.3) is 0 Å². The average molecular weight is 444 g/mol. The molecule has 6 heteroatoms. The SMILES string of the molecule is CC(C)[Si](OCCCn1c(N)nc2cc(C3CCCCC3=O)ccc21)(C(C)C)C(C)C. The van der Waals surface area contributed by atoms with E-state index in [4.69, 9.17) is 10.2 Å². The van der Waals surface area contributed by atoms with Crippen LogP contribution in [0.2, 0.25) is 16.6 Å². The molecule has 1 aliphatic carbocycles. The number of nitrogen functional groups attached to an aromatic ring is 1. The number of nitrogens with two attached hydrogens (primary N) is 1. The summed E-state index contributed by atoms with van der Waals surface area (Å²) in [4.78, 5) is 16.9. The molecule has 5 nitrogen and oxygen atoms in total. The molecule has 0 amide bonds. The van der Waals surface area contributed by atoms with E-state index in [2.05, 4.69) is 69.3 Å². The summed E-state index contributed by atoms with van der Waals surface area (Å²) in [6.07, 6.45) is 4.71. The highest BCUT2D eigenvalue weighted by Gasteiger charge is 2.44. The second kappa shape index (κ2) is 9.86. The molecule has 1 aliphatic rings. The van der Waals surface area contributed by atoms with Crippen LogP contribution in [0.4, 0.5) is 5.95 Å². The fourth-order valence-corrected chi connectivity index (χ4v) is 11.4. The van der Waals surface area contributed by atoms with Crippen molar-refractivity contribution in [2.75, 3.05) is 12.3 Å². The highest BCUT2D eigenvalue weighted by atomic mass is 28.4. The summed E-state index contributed by atoms with van der Waals surface area (Å²) in [5, 5.41) is 0. The average Bonchev–Trinajstić information content (AvgIpc) is 3.01. The lowest BCUT2D eigenvalue weighted by molar-refractivity contribution is -0.121. The Morgan fingerprint density at radius 1 is 1.13 bits per heavy atom. The minimum Gasteiger partial charge on any atom is -0.416 e. The lowest BCUT2D eigenvalue weighted by Crippen LogP contribution is -2.48. The molecule has 2 aromatic rings. The van der Waals surface area contributed by atoms with Gasteiger partial charge >= 0.3 is 0 Å². The van der Waals surface area contributed by atoms with E-state index in [0.29, 0.717) is 34.8 Å². The van der Waals surface area contributed by atoms with Crippen molar-refractivity contribution in [3.8, 4) is 0 Å². The van der Waals surface area contributed by atoms with Crippen LogP contribution in [-0.2, 0) is 15.8 Å². The van der Waals surface area contributed by atoms with E-state index in [-0.39, 0.29) is 5.92 Å². The van der Waals surface area contributed by atoms with Crippen molar-refractivity contribution in [2.45, 2.75) is 103 Å². The van der Waals surface area contributed by atoms with Gasteiger partial charge in [0.1, 0.15) is 5.78 Å². The van der Waals surface area contributed by atoms with Gasteiger partial charge in [-0.15, -0.1) is 0 Å². The standard InChI is InChI=1S/C25H41N3O2Si/c1-17(2)31(18(3)4,19(5)6)30-15-9-14-28-23-13-12-20(16-22(23)27-25(28)26)21-10-7-8-11-24(21)29/h12-13,16-19,21H,7-11,14-15H2,1-6H3,(H2,26,27). The summed E-state index contributed by atoms with van der Waals surface area (Å²) in [6, 6.07) is 6.26. The number of aromatic nitrogens is 2. The molecule has 1 fully saturated rings. The second-order valence-electron chi connectivity index (χ2n) is 10.2. The summed E-state index contributed by atoms with van der Waals surface area (Å²) in [6.45, 7) is 15.5. The van der Waals surface area contributed by atoms with Crippen molar-refractivity contribution in [1.29, 1.82) is 0 Å². The van der Waals surface area contributed by atoms with Crippen LogP contribution in [0.1, 0.15) is 85.1 Å². The minimum atomic E-state index is -1.84. The lowest BCUT2D eigenvalue weighted by atomic mass is 9.83. The number of hydrogen-bond donors (Lipinski definition) is 1. The molecule has 0 radical (unpaired) electrons. The van der Waals surface area contributed by atoms with Crippen LogP contribution < -0.4 is 5.73 Å². The maximum atomic E-state index is 12.3. The number of carbonyl (C=O) groups excluding carboxylic acids is 1. The maximum Gasteiger partial charge on any atom is 0.201 e. The van der Waals surface area contributed by atoms with Crippen LogP contribution in [0.3, 0.4) is 0 Å². The smallest absolute Gasteiger partial charge is 0.201 e. The van der Waals surface area contributed by atoms with Gasteiger partial charge in [-0.05, 0) is 53.6 Å². The van der Waals surface area contributed by atoms with Gasteiger partial charge in [-0.25, -0.2) is 4.98 Å². The third-order valence-electron chi connectivity index (χ3n) is 7.34. The van der Waals surface area contributed by atoms with E-state index in [1.807, 2.05) is 0 Å². The van der Waals surface area contributed by atoms with Crippen molar-refractivity contribution < 1.29 is 9.22 Å². The summed E-state index contributed by atoms with van der Waals surface area (Å²) in [5.41, 5.74) is 11.1. The van der Waals surface area contributed by atoms with E-state index >= 15 is 0 Å². The van der Waals surface area contributed by atoms with Crippen molar-refractivity contribution in [3.63, 3.8) is 0 Å². The van der Waals surface area contributed by atoms with Gasteiger partial charge in [-0.2, -0.15) is 0 Å². The first kappa shape index (κ1) is 24.0. The van der Waals surface area contributed by atoms with Crippen molar-refractivity contribution in [3.05, 3.63) is 23.8 Å². The number of anilines is 1. The molecule has 2 N–H and O–H groups in total. The van der Waals surface area contributed by atoms with Gasteiger partial charge in [-0.3, -0.25) is 4.79 Å². The number of carbonyl (C=O) groups is 1. The highest BCUT2D eigenvalue weighted by molar-refractivity contribution is 6.77. The Morgan fingerprint density at radius 3 is 2.42 bits per heavy atom. The molecule has 1 atom stereocenters. The molecule has 0 saturated heterocycles. The maximum absolute atomic E-state index is 12.3. The fourth-order valence-electron chi connectivity index (χ4n) is 5.92. The normalized spacial score (nSPS) is 18.1. The first-order valence-electron chi connectivity index (χ1n) is 12.1. The Balaban J connectivity index is 1.71. The molecule has 1 heterocycles. The van der Waals surface area contributed by atoms with E-state index in [1.54, 1.807) is 0 Å². The fraction of sp³-hybridized carbons (Fsp3) is 0.680. The van der Waals surface area contributed by atoms with Crippen molar-refractivity contribution in [2.24, 2.45) is 0 Å². The quantitative estimate of drug-likeness (QED) is 0.358. The summed E-state index contributed by atoms with van der Waals surface area (Å²) in [7, 11) is -1.84. The molecule has 3 rings (SSSR count). The zero-order valence-corrected chi connectivity index (χ0v) is 21.3. The Morgan fingerprint density at radius 2 is 1.81 bits per heavy atom.